The van der Waals surface area contributed by atoms with Crippen LogP contribution in [0.2, 0.25) is 0 Å². The van der Waals surface area contributed by atoms with Crippen LogP contribution in [0.4, 0.5) is 0 Å². The number of hydrogen-bond acceptors (Lipinski definition) is 3. The first-order valence-electron chi connectivity index (χ1n) is 10.7. The predicted molar refractivity (Wildman–Crippen MR) is 111 cm³/mol. The fourth-order valence-electron chi connectivity index (χ4n) is 4.13. The quantitative estimate of drug-likeness (QED) is 0.307. The van der Waals surface area contributed by atoms with Gasteiger partial charge in [-0.1, -0.05) is 63.8 Å². The highest BCUT2D eigenvalue weighted by atomic mass is 16.4. The molecule has 0 saturated heterocycles. The molecule has 0 aromatic heterocycles. The maximum atomic E-state index is 10.6. The van der Waals surface area contributed by atoms with E-state index < -0.39 is 11.6 Å². The summed E-state index contributed by atoms with van der Waals surface area (Å²) >= 11 is 0. The molecule has 4 nitrogen and oxygen atoms in total. The highest BCUT2D eigenvalue weighted by Crippen LogP contribution is 2.39. The summed E-state index contributed by atoms with van der Waals surface area (Å²) in [6, 6.07) is 0. The zero-order valence-electron chi connectivity index (χ0n) is 17.4. The lowest BCUT2D eigenvalue weighted by Crippen LogP contribution is -2.26. The number of carboxylic acids is 1. The summed E-state index contributed by atoms with van der Waals surface area (Å²) in [7, 11) is 0. The molecule has 0 radical (unpaired) electrons. The van der Waals surface area contributed by atoms with Crippen molar-refractivity contribution in [2.75, 3.05) is 0 Å². The molecule has 27 heavy (non-hydrogen) atoms. The number of allylic oxidation sites excluding steroid dienone is 3. The van der Waals surface area contributed by atoms with Crippen molar-refractivity contribution in [2.45, 2.75) is 96.7 Å². The standard InChI is InChI=1S/C23H40O4/c1-4-5-6-10-16-23(3,27)17-15-19-13-14-20(24)22(19)18(2)11-8-7-9-12-21(25)26/h8,11,15,17-20,22,24,27H,4-7,9-10,12-14,16H2,1-3H3,(H,25,26)/b11-8-,17-15+/t18?,19-,20+,22-,23+/m1/s1. The third-order valence-corrected chi connectivity index (χ3v) is 5.78. The van der Waals surface area contributed by atoms with Gasteiger partial charge in [-0.15, -0.1) is 0 Å². The number of carboxylic acid groups (broad SMARTS) is 1. The summed E-state index contributed by atoms with van der Waals surface area (Å²) in [5, 5.41) is 29.7. The van der Waals surface area contributed by atoms with Crippen LogP contribution in [-0.2, 0) is 4.79 Å². The fraction of sp³-hybridized carbons (Fsp3) is 0.783. The second-order valence-electron chi connectivity index (χ2n) is 8.49. The molecular weight excluding hydrogens is 340 g/mol. The van der Waals surface area contributed by atoms with Gasteiger partial charge in [0, 0.05) is 6.42 Å². The van der Waals surface area contributed by atoms with Crippen LogP contribution in [0.5, 0.6) is 0 Å². The van der Waals surface area contributed by atoms with Gasteiger partial charge in [-0.3, -0.25) is 4.79 Å². The Morgan fingerprint density at radius 3 is 2.63 bits per heavy atom. The van der Waals surface area contributed by atoms with E-state index in [1.165, 1.54) is 12.8 Å². The Morgan fingerprint density at radius 1 is 1.22 bits per heavy atom. The average molecular weight is 381 g/mol. The van der Waals surface area contributed by atoms with Crippen molar-refractivity contribution >= 4 is 5.97 Å². The van der Waals surface area contributed by atoms with Gasteiger partial charge in [0.2, 0.25) is 0 Å². The normalized spacial score (nSPS) is 26.6. The van der Waals surface area contributed by atoms with E-state index in [0.717, 1.165) is 38.5 Å². The zero-order valence-corrected chi connectivity index (χ0v) is 17.4. The number of unbranched alkanes of at least 4 members (excludes halogenated alkanes) is 4. The van der Waals surface area contributed by atoms with Crippen molar-refractivity contribution in [3.63, 3.8) is 0 Å². The lowest BCUT2D eigenvalue weighted by Gasteiger charge is -2.26. The molecule has 0 amide bonds. The van der Waals surface area contributed by atoms with Crippen molar-refractivity contribution in [1.29, 1.82) is 0 Å². The van der Waals surface area contributed by atoms with Crippen LogP contribution in [0.15, 0.2) is 24.3 Å². The van der Waals surface area contributed by atoms with Crippen molar-refractivity contribution < 1.29 is 20.1 Å². The Balaban J connectivity index is 2.55. The number of rotatable bonds is 13. The highest BCUT2D eigenvalue weighted by Gasteiger charge is 2.36. The van der Waals surface area contributed by atoms with Crippen molar-refractivity contribution in [3.05, 3.63) is 24.3 Å². The largest absolute Gasteiger partial charge is 0.481 e. The second kappa shape index (κ2) is 12.4. The average Bonchev–Trinajstić information content (AvgIpc) is 2.97. The van der Waals surface area contributed by atoms with Gasteiger partial charge >= 0.3 is 5.97 Å². The molecule has 4 heteroatoms. The SMILES string of the molecule is CCCCCC[C@](C)(O)/C=C/[C@H]1CC[C@H](O)[C@@H]1C(C)/C=C\CCCC(=O)O. The first-order chi connectivity index (χ1) is 12.8. The molecular formula is C23H40O4. The topological polar surface area (TPSA) is 77.8 Å². The molecule has 1 aliphatic carbocycles. The molecule has 0 heterocycles. The maximum absolute atomic E-state index is 10.6. The third-order valence-electron chi connectivity index (χ3n) is 5.78. The van der Waals surface area contributed by atoms with Crippen LogP contribution >= 0.6 is 0 Å². The highest BCUT2D eigenvalue weighted by molar-refractivity contribution is 5.66. The summed E-state index contributed by atoms with van der Waals surface area (Å²) in [6.45, 7) is 6.18. The minimum Gasteiger partial charge on any atom is -0.481 e. The smallest absolute Gasteiger partial charge is 0.303 e. The molecule has 5 atom stereocenters. The minimum atomic E-state index is -0.776. The molecule has 3 N–H and O–H groups in total. The van der Waals surface area contributed by atoms with Gasteiger partial charge in [-0.25, -0.2) is 0 Å². The molecule has 0 bridgehead atoms. The van der Waals surface area contributed by atoms with Gasteiger partial charge in [0.15, 0.2) is 0 Å². The predicted octanol–water partition coefficient (Wildman–Crippen LogP) is 5.10. The van der Waals surface area contributed by atoms with E-state index in [1.807, 2.05) is 19.1 Å². The first kappa shape index (κ1) is 23.9. The third kappa shape index (κ3) is 9.57. The van der Waals surface area contributed by atoms with Gasteiger partial charge in [0.25, 0.3) is 0 Å². The monoisotopic (exact) mass is 380 g/mol. The van der Waals surface area contributed by atoms with Gasteiger partial charge in [0.05, 0.1) is 11.7 Å². The molecule has 156 valence electrons. The zero-order chi connectivity index (χ0) is 20.3. The summed E-state index contributed by atoms with van der Waals surface area (Å²) in [6.07, 6.45) is 16.7. The van der Waals surface area contributed by atoms with Crippen LogP contribution in [0.3, 0.4) is 0 Å². The molecule has 1 unspecified atom stereocenters. The molecule has 0 spiro atoms. The number of aliphatic carboxylic acids is 1. The first-order valence-corrected chi connectivity index (χ1v) is 10.7. The van der Waals surface area contributed by atoms with Crippen LogP contribution in [-0.4, -0.2) is 33.0 Å². The van der Waals surface area contributed by atoms with E-state index in [-0.39, 0.29) is 30.3 Å². The summed E-state index contributed by atoms with van der Waals surface area (Å²) in [5.74, 6) is -0.0836. The van der Waals surface area contributed by atoms with Gasteiger partial charge in [-0.05, 0) is 56.8 Å². The van der Waals surface area contributed by atoms with Crippen molar-refractivity contribution in [1.82, 2.24) is 0 Å². The Bertz CT molecular complexity index is 481. The molecule has 1 rings (SSSR count). The van der Waals surface area contributed by atoms with E-state index in [4.69, 9.17) is 5.11 Å². The lowest BCUT2D eigenvalue weighted by atomic mass is 9.82. The minimum absolute atomic E-state index is 0.160. The number of carbonyl (C=O) groups is 1. The molecule has 1 saturated carbocycles. The molecule has 0 aromatic rings. The lowest BCUT2D eigenvalue weighted by molar-refractivity contribution is -0.137. The fourth-order valence-corrected chi connectivity index (χ4v) is 4.13. The summed E-state index contributed by atoms with van der Waals surface area (Å²) in [5.41, 5.74) is -0.776. The summed E-state index contributed by atoms with van der Waals surface area (Å²) < 4.78 is 0. The Morgan fingerprint density at radius 2 is 1.96 bits per heavy atom. The number of aliphatic hydroxyl groups is 2. The van der Waals surface area contributed by atoms with E-state index in [0.29, 0.717) is 6.42 Å². The van der Waals surface area contributed by atoms with Crippen LogP contribution in [0.25, 0.3) is 0 Å². The van der Waals surface area contributed by atoms with E-state index in [1.54, 1.807) is 0 Å². The van der Waals surface area contributed by atoms with Gasteiger partial charge in [0.1, 0.15) is 0 Å². The van der Waals surface area contributed by atoms with Crippen LogP contribution in [0, 0.1) is 17.8 Å². The van der Waals surface area contributed by atoms with E-state index >= 15 is 0 Å². The molecule has 0 aliphatic heterocycles. The number of hydrogen-bond donors (Lipinski definition) is 3. The van der Waals surface area contributed by atoms with Gasteiger partial charge in [-0.2, -0.15) is 0 Å². The van der Waals surface area contributed by atoms with Crippen LogP contribution in [0.1, 0.15) is 85.0 Å². The second-order valence-corrected chi connectivity index (χ2v) is 8.49. The van der Waals surface area contributed by atoms with E-state index in [2.05, 4.69) is 26.0 Å². The van der Waals surface area contributed by atoms with Crippen molar-refractivity contribution in [3.8, 4) is 0 Å². The maximum Gasteiger partial charge on any atom is 0.303 e. The number of aliphatic hydroxyl groups excluding tert-OH is 1. The molecule has 1 aliphatic rings. The molecule has 1 fully saturated rings. The van der Waals surface area contributed by atoms with Crippen molar-refractivity contribution in [2.24, 2.45) is 17.8 Å². The Labute approximate surface area is 165 Å². The summed E-state index contributed by atoms with van der Waals surface area (Å²) in [4.78, 5) is 10.6. The molecule has 0 aromatic carbocycles. The van der Waals surface area contributed by atoms with Gasteiger partial charge < -0.3 is 15.3 Å². The van der Waals surface area contributed by atoms with E-state index in [9.17, 15) is 15.0 Å². The Hall–Kier alpha value is -1.13. The Kier molecular flexibility index (Phi) is 10.9. The van der Waals surface area contributed by atoms with Crippen LogP contribution < -0.4 is 0 Å².